The standard InChI is InChI=1S/C17H22N2O2.ClH/c1-14(20)15-7-9-16(10-8-15)21-13-5-3-2-4-6-17-18-11-12-19-17;/h7-12H,2-6,13H2,1H3,(H,18,19);1H. The highest BCUT2D eigenvalue weighted by Crippen LogP contribution is 2.13. The third-order valence-corrected chi connectivity index (χ3v) is 3.39. The Balaban J connectivity index is 0.00000242. The summed E-state index contributed by atoms with van der Waals surface area (Å²) in [5.41, 5.74) is 0.722. The van der Waals surface area contributed by atoms with Gasteiger partial charge in [0, 0.05) is 24.4 Å². The number of carbonyl (C=O) groups is 1. The van der Waals surface area contributed by atoms with Crippen LogP contribution < -0.4 is 4.74 Å². The second kappa shape index (κ2) is 10.0. The maximum atomic E-state index is 11.2. The van der Waals surface area contributed by atoms with Gasteiger partial charge in [0.25, 0.3) is 0 Å². The van der Waals surface area contributed by atoms with Crippen LogP contribution in [0.25, 0.3) is 0 Å². The summed E-state index contributed by atoms with van der Waals surface area (Å²) in [7, 11) is 0. The SMILES string of the molecule is CC(=O)c1ccc(OCCCCCCc2ncc[nH]2)cc1.Cl. The number of nitrogens with one attached hydrogen (secondary N) is 1. The number of rotatable bonds is 9. The lowest BCUT2D eigenvalue weighted by Crippen LogP contribution is -1.98. The maximum absolute atomic E-state index is 11.2. The van der Waals surface area contributed by atoms with E-state index in [0.717, 1.165) is 49.4 Å². The summed E-state index contributed by atoms with van der Waals surface area (Å²) in [5.74, 6) is 1.98. The summed E-state index contributed by atoms with van der Waals surface area (Å²) < 4.78 is 5.66. The van der Waals surface area contributed by atoms with Gasteiger partial charge in [-0.2, -0.15) is 0 Å². The normalized spacial score (nSPS) is 10.0. The summed E-state index contributed by atoms with van der Waals surface area (Å²) in [4.78, 5) is 18.5. The average Bonchev–Trinajstić information content (AvgIpc) is 3.00. The first-order valence-electron chi connectivity index (χ1n) is 7.48. The molecular formula is C17H23ClN2O2. The number of aryl methyl sites for hydroxylation is 1. The molecule has 0 aliphatic rings. The van der Waals surface area contributed by atoms with E-state index in [4.69, 9.17) is 4.74 Å². The molecule has 0 bridgehead atoms. The average molecular weight is 323 g/mol. The highest BCUT2D eigenvalue weighted by Gasteiger charge is 2.00. The highest BCUT2D eigenvalue weighted by molar-refractivity contribution is 5.94. The van der Waals surface area contributed by atoms with Crippen molar-refractivity contribution in [3.63, 3.8) is 0 Å². The molecule has 1 aromatic carbocycles. The smallest absolute Gasteiger partial charge is 0.159 e. The molecule has 1 aromatic heterocycles. The molecule has 2 aromatic rings. The van der Waals surface area contributed by atoms with Gasteiger partial charge < -0.3 is 9.72 Å². The molecule has 22 heavy (non-hydrogen) atoms. The van der Waals surface area contributed by atoms with E-state index in [1.54, 1.807) is 25.3 Å². The van der Waals surface area contributed by atoms with Crippen LogP contribution >= 0.6 is 12.4 Å². The first-order chi connectivity index (χ1) is 10.3. The van der Waals surface area contributed by atoms with Gasteiger partial charge in [-0.25, -0.2) is 4.98 Å². The van der Waals surface area contributed by atoms with Crippen molar-refractivity contribution >= 4 is 18.2 Å². The molecule has 0 saturated heterocycles. The summed E-state index contributed by atoms with van der Waals surface area (Å²) in [6, 6.07) is 7.32. The van der Waals surface area contributed by atoms with Crippen LogP contribution in [0.15, 0.2) is 36.7 Å². The van der Waals surface area contributed by atoms with Crippen molar-refractivity contribution in [1.29, 1.82) is 0 Å². The van der Waals surface area contributed by atoms with E-state index >= 15 is 0 Å². The predicted octanol–water partition coefficient (Wildman–Crippen LogP) is 4.22. The molecule has 0 aliphatic heterocycles. The first kappa shape index (κ1) is 18.2. The van der Waals surface area contributed by atoms with Crippen LogP contribution in [-0.2, 0) is 6.42 Å². The van der Waals surface area contributed by atoms with Crippen molar-refractivity contribution in [2.75, 3.05) is 6.61 Å². The monoisotopic (exact) mass is 322 g/mol. The Morgan fingerprint density at radius 3 is 2.50 bits per heavy atom. The van der Waals surface area contributed by atoms with E-state index in [1.165, 1.54) is 6.42 Å². The number of carbonyl (C=O) groups excluding carboxylic acids is 1. The van der Waals surface area contributed by atoms with Gasteiger partial charge >= 0.3 is 0 Å². The Bertz CT molecular complexity index is 538. The third-order valence-electron chi connectivity index (χ3n) is 3.39. The van der Waals surface area contributed by atoms with E-state index in [2.05, 4.69) is 9.97 Å². The molecule has 0 aliphatic carbocycles. The molecule has 0 spiro atoms. The molecule has 1 N–H and O–H groups in total. The molecule has 4 nitrogen and oxygen atoms in total. The number of H-pyrrole nitrogens is 1. The molecule has 0 radical (unpaired) electrons. The van der Waals surface area contributed by atoms with E-state index in [-0.39, 0.29) is 18.2 Å². The van der Waals surface area contributed by atoms with E-state index in [1.807, 2.05) is 18.3 Å². The number of imidazole rings is 1. The van der Waals surface area contributed by atoms with Gasteiger partial charge in [0.1, 0.15) is 11.6 Å². The fraction of sp³-hybridized carbons (Fsp3) is 0.412. The van der Waals surface area contributed by atoms with E-state index in [0.29, 0.717) is 0 Å². The van der Waals surface area contributed by atoms with E-state index in [9.17, 15) is 4.79 Å². The Kier molecular flexibility index (Phi) is 8.30. The van der Waals surface area contributed by atoms with Gasteiger partial charge in [-0.05, 0) is 44.0 Å². The number of hydrogen-bond donors (Lipinski definition) is 1. The number of ketones is 1. The molecule has 0 amide bonds. The van der Waals surface area contributed by atoms with Crippen molar-refractivity contribution in [2.24, 2.45) is 0 Å². The van der Waals surface area contributed by atoms with Gasteiger partial charge in [-0.15, -0.1) is 12.4 Å². The molecule has 0 fully saturated rings. The van der Waals surface area contributed by atoms with Crippen molar-refractivity contribution in [2.45, 2.75) is 39.0 Å². The molecule has 0 saturated carbocycles. The number of aromatic amines is 1. The second-order valence-corrected chi connectivity index (χ2v) is 5.13. The Hall–Kier alpha value is -1.81. The van der Waals surface area contributed by atoms with Crippen LogP contribution in [-0.4, -0.2) is 22.4 Å². The first-order valence-corrected chi connectivity index (χ1v) is 7.48. The zero-order valence-electron chi connectivity index (χ0n) is 12.9. The Labute approximate surface area is 137 Å². The van der Waals surface area contributed by atoms with Gasteiger partial charge in [-0.3, -0.25) is 4.79 Å². The lowest BCUT2D eigenvalue weighted by Gasteiger charge is -2.06. The molecule has 1 heterocycles. The van der Waals surface area contributed by atoms with E-state index < -0.39 is 0 Å². The van der Waals surface area contributed by atoms with Crippen LogP contribution in [0, 0.1) is 0 Å². The fourth-order valence-electron chi connectivity index (χ4n) is 2.16. The largest absolute Gasteiger partial charge is 0.494 e. The summed E-state index contributed by atoms with van der Waals surface area (Å²) >= 11 is 0. The lowest BCUT2D eigenvalue weighted by molar-refractivity contribution is 0.101. The number of benzene rings is 1. The van der Waals surface area contributed by atoms with Gasteiger partial charge in [0.05, 0.1) is 6.61 Å². The maximum Gasteiger partial charge on any atom is 0.159 e. The van der Waals surface area contributed by atoms with Crippen LogP contribution in [0.3, 0.4) is 0 Å². The topological polar surface area (TPSA) is 55.0 Å². The number of ether oxygens (including phenoxy) is 1. The Morgan fingerprint density at radius 1 is 1.14 bits per heavy atom. The number of nitrogens with zero attached hydrogens (tertiary/aromatic N) is 1. The number of Topliss-reactive ketones (excluding diaryl/α,β-unsaturated/α-hetero) is 1. The summed E-state index contributed by atoms with van der Waals surface area (Å²) in [6.45, 7) is 2.29. The van der Waals surface area contributed by atoms with Gasteiger partial charge in [0.15, 0.2) is 5.78 Å². The molecule has 5 heteroatoms. The Morgan fingerprint density at radius 2 is 1.86 bits per heavy atom. The fourth-order valence-corrected chi connectivity index (χ4v) is 2.16. The number of unbranched alkanes of at least 4 members (excludes halogenated alkanes) is 3. The molecule has 2 rings (SSSR count). The number of aromatic nitrogens is 2. The highest BCUT2D eigenvalue weighted by atomic mass is 35.5. The van der Waals surface area contributed by atoms with Crippen LogP contribution in [0.5, 0.6) is 5.75 Å². The van der Waals surface area contributed by atoms with Crippen molar-refractivity contribution in [3.8, 4) is 5.75 Å². The third kappa shape index (κ3) is 6.31. The zero-order valence-corrected chi connectivity index (χ0v) is 13.7. The van der Waals surface area contributed by atoms with Crippen molar-refractivity contribution < 1.29 is 9.53 Å². The lowest BCUT2D eigenvalue weighted by atomic mass is 10.1. The zero-order chi connectivity index (χ0) is 14.9. The minimum absolute atomic E-state index is 0. The minimum atomic E-state index is 0. The molecule has 120 valence electrons. The number of hydrogen-bond acceptors (Lipinski definition) is 3. The van der Waals surface area contributed by atoms with Crippen LogP contribution in [0.2, 0.25) is 0 Å². The molecule has 0 unspecified atom stereocenters. The summed E-state index contributed by atoms with van der Waals surface area (Å²) in [6.07, 6.45) is 9.22. The number of halogens is 1. The van der Waals surface area contributed by atoms with Gasteiger partial charge in [0.2, 0.25) is 0 Å². The van der Waals surface area contributed by atoms with Crippen LogP contribution in [0.4, 0.5) is 0 Å². The quantitative estimate of drug-likeness (QED) is 0.555. The van der Waals surface area contributed by atoms with Crippen LogP contribution in [0.1, 0.15) is 48.8 Å². The predicted molar refractivity (Wildman–Crippen MR) is 89.9 cm³/mol. The molecule has 0 atom stereocenters. The molecular weight excluding hydrogens is 300 g/mol. The van der Waals surface area contributed by atoms with Crippen molar-refractivity contribution in [1.82, 2.24) is 9.97 Å². The minimum Gasteiger partial charge on any atom is -0.494 e. The second-order valence-electron chi connectivity index (χ2n) is 5.13. The van der Waals surface area contributed by atoms with Gasteiger partial charge in [-0.1, -0.05) is 12.8 Å². The summed E-state index contributed by atoms with van der Waals surface area (Å²) in [5, 5.41) is 0. The van der Waals surface area contributed by atoms with Crippen molar-refractivity contribution in [3.05, 3.63) is 48.0 Å².